The smallest absolute Gasteiger partial charge is 0.0302 e. The number of hydrogen-bond acceptors (Lipinski definition) is 2. The fourth-order valence-corrected chi connectivity index (χ4v) is 6.29. The van der Waals surface area contributed by atoms with Crippen LogP contribution in [0.1, 0.15) is 69.2 Å². The lowest BCUT2D eigenvalue weighted by Crippen LogP contribution is -2.28. The van der Waals surface area contributed by atoms with E-state index in [4.69, 9.17) is 0 Å². The highest BCUT2D eigenvalue weighted by atomic mass is 32.1. The molecule has 0 aromatic carbocycles. The molecule has 2 heteroatoms. The highest BCUT2D eigenvalue weighted by molar-refractivity contribution is 7.10. The highest BCUT2D eigenvalue weighted by Crippen LogP contribution is 2.67. The van der Waals surface area contributed by atoms with Crippen molar-refractivity contribution in [3.8, 4) is 0 Å². The number of rotatable bonds is 5. The monoisotopic (exact) mass is 303 g/mol. The Labute approximate surface area is 133 Å². The summed E-state index contributed by atoms with van der Waals surface area (Å²) >= 11 is 1.95. The Morgan fingerprint density at radius 3 is 2.67 bits per heavy atom. The summed E-state index contributed by atoms with van der Waals surface area (Å²) in [4.78, 5) is 1.60. The lowest BCUT2D eigenvalue weighted by molar-refractivity contribution is 0.152. The molecule has 1 aromatic heterocycles. The lowest BCUT2D eigenvalue weighted by atomic mass is 9.71. The molecule has 21 heavy (non-hydrogen) atoms. The number of hydrogen-bond donors (Lipinski definition) is 1. The maximum absolute atomic E-state index is 3.80. The Hall–Kier alpha value is -0.340. The third kappa shape index (κ3) is 2.21. The largest absolute Gasteiger partial charge is 0.312 e. The summed E-state index contributed by atoms with van der Waals surface area (Å²) < 4.78 is 0. The Balaban J connectivity index is 1.35. The second-order valence-electron chi connectivity index (χ2n) is 8.60. The SMILES string of the molecule is CC1(C)[C@@H]2CC[C@]1(C)C[C@@H]2CNCc1sccc1C1CC1. The molecule has 1 N–H and O–H groups in total. The Morgan fingerprint density at radius 2 is 2.05 bits per heavy atom. The van der Waals surface area contributed by atoms with Crippen LogP contribution >= 0.6 is 11.3 Å². The number of thiophene rings is 1. The van der Waals surface area contributed by atoms with Crippen molar-refractivity contribution in [1.82, 2.24) is 5.32 Å². The summed E-state index contributed by atoms with van der Waals surface area (Å²) in [6.07, 6.45) is 7.19. The van der Waals surface area contributed by atoms with Crippen molar-refractivity contribution in [3.63, 3.8) is 0 Å². The number of fused-ring (bicyclic) bond motifs is 2. The topological polar surface area (TPSA) is 12.0 Å². The van der Waals surface area contributed by atoms with Crippen molar-refractivity contribution in [1.29, 1.82) is 0 Å². The van der Waals surface area contributed by atoms with Gasteiger partial charge in [-0.2, -0.15) is 0 Å². The number of nitrogens with one attached hydrogen (secondary N) is 1. The van der Waals surface area contributed by atoms with Crippen molar-refractivity contribution in [2.75, 3.05) is 6.54 Å². The summed E-state index contributed by atoms with van der Waals surface area (Å²) in [5.74, 6) is 2.75. The first-order valence-electron chi connectivity index (χ1n) is 8.78. The van der Waals surface area contributed by atoms with Crippen LogP contribution in [0.5, 0.6) is 0 Å². The van der Waals surface area contributed by atoms with Gasteiger partial charge in [0.05, 0.1) is 0 Å². The van der Waals surface area contributed by atoms with Crippen LogP contribution in [0, 0.1) is 22.7 Å². The fraction of sp³-hybridized carbons (Fsp3) is 0.789. The van der Waals surface area contributed by atoms with Gasteiger partial charge in [0.2, 0.25) is 0 Å². The van der Waals surface area contributed by atoms with Gasteiger partial charge in [0.25, 0.3) is 0 Å². The molecule has 1 heterocycles. The van der Waals surface area contributed by atoms with E-state index >= 15 is 0 Å². The zero-order chi connectivity index (χ0) is 14.7. The minimum atomic E-state index is 0.557. The summed E-state index contributed by atoms with van der Waals surface area (Å²) in [5.41, 5.74) is 2.81. The molecule has 3 saturated carbocycles. The van der Waals surface area contributed by atoms with Gasteiger partial charge >= 0.3 is 0 Å². The summed E-state index contributed by atoms with van der Waals surface area (Å²) in [5, 5.41) is 6.09. The molecular formula is C19H29NS. The van der Waals surface area contributed by atoms with Gasteiger partial charge in [0.1, 0.15) is 0 Å². The summed E-state index contributed by atoms with van der Waals surface area (Å²) in [6.45, 7) is 9.91. The van der Waals surface area contributed by atoms with Crippen LogP contribution in [0.3, 0.4) is 0 Å². The molecule has 0 radical (unpaired) electrons. The van der Waals surface area contributed by atoms with E-state index in [1.807, 2.05) is 11.3 Å². The Morgan fingerprint density at radius 1 is 1.24 bits per heavy atom. The molecule has 0 saturated heterocycles. The van der Waals surface area contributed by atoms with Gasteiger partial charge in [-0.05, 0) is 84.2 Å². The van der Waals surface area contributed by atoms with Crippen LogP contribution in [-0.4, -0.2) is 6.54 Å². The minimum absolute atomic E-state index is 0.557. The van der Waals surface area contributed by atoms with E-state index in [-0.39, 0.29) is 0 Å². The molecule has 3 fully saturated rings. The molecule has 1 aromatic rings. The molecule has 3 atom stereocenters. The second-order valence-corrected chi connectivity index (χ2v) is 9.60. The molecule has 1 nitrogen and oxygen atoms in total. The quantitative estimate of drug-likeness (QED) is 0.790. The molecule has 0 aliphatic heterocycles. The van der Waals surface area contributed by atoms with E-state index in [0.717, 1.165) is 24.3 Å². The van der Waals surface area contributed by atoms with Crippen LogP contribution in [0.15, 0.2) is 11.4 Å². The maximum Gasteiger partial charge on any atom is 0.0302 e. The summed E-state index contributed by atoms with van der Waals surface area (Å²) in [7, 11) is 0. The fourth-order valence-electron chi connectivity index (χ4n) is 5.35. The predicted molar refractivity (Wildman–Crippen MR) is 90.7 cm³/mol. The van der Waals surface area contributed by atoms with Crippen molar-refractivity contribution >= 4 is 11.3 Å². The zero-order valence-electron chi connectivity index (χ0n) is 13.7. The molecule has 3 aliphatic carbocycles. The molecule has 116 valence electrons. The average Bonchev–Trinajstić information content (AvgIpc) is 3.09. The average molecular weight is 304 g/mol. The van der Waals surface area contributed by atoms with Gasteiger partial charge in [0, 0.05) is 11.4 Å². The minimum Gasteiger partial charge on any atom is -0.312 e. The van der Waals surface area contributed by atoms with E-state index in [1.54, 1.807) is 10.4 Å². The van der Waals surface area contributed by atoms with Gasteiger partial charge in [-0.15, -0.1) is 11.3 Å². The van der Waals surface area contributed by atoms with Crippen LogP contribution in [0.2, 0.25) is 0 Å². The van der Waals surface area contributed by atoms with Crippen LogP contribution in [0.4, 0.5) is 0 Å². The van der Waals surface area contributed by atoms with Crippen molar-refractivity contribution in [3.05, 3.63) is 21.9 Å². The third-order valence-electron chi connectivity index (χ3n) is 7.26. The predicted octanol–water partition coefficient (Wildman–Crippen LogP) is 5.18. The third-order valence-corrected chi connectivity index (χ3v) is 8.20. The van der Waals surface area contributed by atoms with E-state index in [1.165, 1.54) is 38.6 Å². The molecule has 2 bridgehead atoms. The zero-order valence-corrected chi connectivity index (χ0v) is 14.6. The highest BCUT2D eigenvalue weighted by Gasteiger charge is 2.59. The van der Waals surface area contributed by atoms with Gasteiger partial charge < -0.3 is 5.32 Å². The van der Waals surface area contributed by atoms with Crippen LogP contribution < -0.4 is 5.32 Å². The van der Waals surface area contributed by atoms with Gasteiger partial charge in [-0.25, -0.2) is 0 Å². The molecule has 0 spiro atoms. The van der Waals surface area contributed by atoms with E-state index in [0.29, 0.717) is 10.8 Å². The standard InChI is InChI=1S/C19H29NS/c1-18(2)16-6-8-19(18,3)10-14(16)11-20-12-17-15(7-9-21-17)13-4-5-13/h7,9,13-14,16,20H,4-6,8,10-12H2,1-3H3/t14-,16-,19-/m1/s1. The second kappa shape index (κ2) is 4.83. The first-order chi connectivity index (χ1) is 10.0. The van der Waals surface area contributed by atoms with E-state index in [2.05, 4.69) is 37.5 Å². The van der Waals surface area contributed by atoms with E-state index in [9.17, 15) is 0 Å². The van der Waals surface area contributed by atoms with Crippen LogP contribution in [0.25, 0.3) is 0 Å². The van der Waals surface area contributed by atoms with Crippen LogP contribution in [-0.2, 0) is 6.54 Å². The Bertz CT molecular complexity index is 525. The molecule has 4 rings (SSSR count). The van der Waals surface area contributed by atoms with E-state index < -0.39 is 0 Å². The van der Waals surface area contributed by atoms with Gasteiger partial charge in [-0.3, -0.25) is 0 Å². The normalized spacial score (nSPS) is 37.3. The lowest BCUT2D eigenvalue weighted by Gasteiger charge is -2.34. The Kier molecular flexibility index (Phi) is 3.28. The molecule has 3 aliphatic rings. The molecular weight excluding hydrogens is 274 g/mol. The van der Waals surface area contributed by atoms with Gasteiger partial charge in [-0.1, -0.05) is 20.8 Å². The first kappa shape index (κ1) is 14.3. The van der Waals surface area contributed by atoms with Crippen molar-refractivity contribution < 1.29 is 0 Å². The van der Waals surface area contributed by atoms with Crippen molar-refractivity contribution in [2.24, 2.45) is 22.7 Å². The van der Waals surface area contributed by atoms with Crippen molar-refractivity contribution in [2.45, 2.75) is 65.3 Å². The molecule has 0 unspecified atom stereocenters. The maximum atomic E-state index is 3.80. The summed E-state index contributed by atoms with van der Waals surface area (Å²) in [6, 6.07) is 2.36. The molecule has 0 amide bonds. The van der Waals surface area contributed by atoms with Gasteiger partial charge in [0.15, 0.2) is 0 Å². The first-order valence-corrected chi connectivity index (χ1v) is 9.66.